The van der Waals surface area contributed by atoms with Crippen LogP contribution in [-0.2, 0) is 9.53 Å². The first-order valence-corrected chi connectivity index (χ1v) is 10.8. The van der Waals surface area contributed by atoms with Crippen molar-refractivity contribution < 1.29 is 9.53 Å². The summed E-state index contributed by atoms with van der Waals surface area (Å²) in [5, 5.41) is 3.28. The van der Waals surface area contributed by atoms with E-state index in [2.05, 4.69) is 12.2 Å². The number of carbonyl (C=O) groups is 1. The minimum atomic E-state index is -0.256. The van der Waals surface area contributed by atoms with Crippen LogP contribution in [0.1, 0.15) is 111 Å². The maximum atomic E-state index is 11.3. The normalized spacial score (nSPS) is 11.6. The van der Waals surface area contributed by atoms with Crippen molar-refractivity contribution in [3.05, 3.63) is 11.8 Å². The highest BCUT2D eigenvalue weighted by Crippen LogP contribution is 2.12. The van der Waals surface area contributed by atoms with E-state index in [0.29, 0.717) is 6.61 Å². The largest absolute Gasteiger partial charge is 0.463 e. The Labute approximate surface area is 157 Å². The molecule has 0 saturated heterocycles. The van der Waals surface area contributed by atoms with E-state index in [9.17, 15) is 4.79 Å². The lowest BCUT2D eigenvalue weighted by atomic mass is 10.0. The van der Waals surface area contributed by atoms with E-state index >= 15 is 0 Å². The molecule has 0 bridgehead atoms. The highest BCUT2D eigenvalue weighted by Gasteiger charge is 1.98. The number of allylic oxidation sites excluding steroid dienone is 1. The van der Waals surface area contributed by atoms with Crippen molar-refractivity contribution in [3.8, 4) is 0 Å². The van der Waals surface area contributed by atoms with E-state index < -0.39 is 0 Å². The summed E-state index contributed by atoms with van der Waals surface area (Å²) >= 11 is 0. The Kier molecular flexibility index (Phi) is 18.6. The smallest absolute Gasteiger partial charge is 0.332 e. The monoisotopic (exact) mass is 353 g/mol. The fraction of sp³-hybridized carbons (Fsp3) is 0.864. The van der Waals surface area contributed by atoms with Crippen LogP contribution in [0.4, 0.5) is 0 Å². The van der Waals surface area contributed by atoms with Gasteiger partial charge in [0.15, 0.2) is 0 Å². The molecule has 1 N–H and O–H groups in total. The van der Waals surface area contributed by atoms with E-state index in [4.69, 9.17) is 4.74 Å². The summed E-state index contributed by atoms with van der Waals surface area (Å²) in [4.78, 5) is 11.3. The third-order valence-electron chi connectivity index (χ3n) is 4.56. The van der Waals surface area contributed by atoms with Crippen LogP contribution in [0.5, 0.6) is 0 Å². The molecule has 3 nitrogen and oxygen atoms in total. The molecule has 0 amide bonds. The van der Waals surface area contributed by atoms with E-state index in [1.807, 2.05) is 13.8 Å². The third kappa shape index (κ3) is 19.2. The first-order chi connectivity index (χ1) is 12.2. The van der Waals surface area contributed by atoms with E-state index in [-0.39, 0.29) is 5.97 Å². The van der Waals surface area contributed by atoms with Gasteiger partial charge in [0.1, 0.15) is 0 Å². The molecule has 0 unspecified atom stereocenters. The highest BCUT2D eigenvalue weighted by molar-refractivity contribution is 5.82. The molecule has 0 radical (unpaired) electrons. The van der Waals surface area contributed by atoms with Gasteiger partial charge in [0.2, 0.25) is 0 Å². The molecule has 0 spiro atoms. The number of hydrogen-bond acceptors (Lipinski definition) is 3. The van der Waals surface area contributed by atoms with Crippen LogP contribution >= 0.6 is 0 Å². The zero-order valence-corrected chi connectivity index (χ0v) is 17.2. The first kappa shape index (κ1) is 24.0. The number of esters is 1. The lowest BCUT2D eigenvalue weighted by Crippen LogP contribution is -2.14. The van der Waals surface area contributed by atoms with Crippen molar-refractivity contribution in [1.82, 2.24) is 5.32 Å². The van der Waals surface area contributed by atoms with Crippen molar-refractivity contribution in [2.24, 2.45) is 0 Å². The number of ether oxygens (including phenoxy) is 1. The molecule has 0 atom stereocenters. The average Bonchev–Trinajstić information content (AvgIpc) is 2.58. The number of unbranched alkanes of at least 4 members (excludes halogenated alkanes) is 13. The molecule has 0 aliphatic heterocycles. The molecule has 3 heteroatoms. The molecule has 0 aliphatic rings. The number of nitrogens with one attached hydrogen (secondary N) is 1. The van der Waals surface area contributed by atoms with Gasteiger partial charge in [-0.15, -0.1) is 0 Å². The minimum Gasteiger partial charge on any atom is -0.463 e. The molecule has 0 aliphatic carbocycles. The second kappa shape index (κ2) is 19.3. The Morgan fingerprint density at radius 3 is 1.64 bits per heavy atom. The number of rotatable bonds is 18. The van der Waals surface area contributed by atoms with Gasteiger partial charge >= 0.3 is 5.97 Å². The van der Waals surface area contributed by atoms with Crippen LogP contribution in [0.15, 0.2) is 11.8 Å². The van der Waals surface area contributed by atoms with Crippen molar-refractivity contribution in [2.45, 2.75) is 111 Å². The highest BCUT2D eigenvalue weighted by atomic mass is 16.5. The number of carbonyl (C=O) groups excluding carboxylic acids is 1. The molecule has 0 aromatic heterocycles. The summed E-state index contributed by atoms with van der Waals surface area (Å²) in [5.41, 5.74) is 0.896. The molecule has 0 aromatic carbocycles. The van der Waals surface area contributed by atoms with Crippen LogP contribution in [0.2, 0.25) is 0 Å². The van der Waals surface area contributed by atoms with Gasteiger partial charge in [-0.25, -0.2) is 4.79 Å². The zero-order valence-electron chi connectivity index (χ0n) is 17.2. The van der Waals surface area contributed by atoms with Gasteiger partial charge in [0, 0.05) is 18.3 Å². The summed E-state index contributed by atoms with van der Waals surface area (Å²) in [6.45, 7) is 7.39. The van der Waals surface area contributed by atoms with Crippen molar-refractivity contribution in [3.63, 3.8) is 0 Å². The molecule has 0 aromatic rings. The molecule has 148 valence electrons. The Morgan fingerprint density at radius 2 is 1.20 bits per heavy atom. The molecule has 25 heavy (non-hydrogen) atoms. The van der Waals surface area contributed by atoms with E-state index in [0.717, 1.165) is 12.2 Å². The van der Waals surface area contributed by atoms with Gasteiger partial charge in [0.05, 0.1) is 6.61 Å². The fourth-order valence-corrected chi connectivity index (χ4v) is 3.02. The summed E-state index contributed by atoms with van der Waals surface area (Å²) in [6.07, 6.45) is 20.9. The lowest BCUT2D eigenvalue weighted by Gasteiger charge is -2.06. The Bertz CT molecular complexity index is 326. The van der Waals surface area contributed by atoms with Crippen LogP contribution in [0, 0.1) is 0 Å². The summed E-state index contributed by atoms with van der Waals surface area (Å²) < 4.78 is 4.89. The van der Waals surface area contributed by atoms with Crippen molar-refractivity contribution >= 4 is 5.97 Å². The average molecular weight is 354 g/mol. The van der Waals surface area contributed by atoms with Crippen LogP contribution < -0.4 is 5.32 Å². The lowest BCUT2D eigenvalue weighted by molar-refractivity contribution is -0.137. The summed E-state index contributed by atoms with van der Waals surface area (Å²) in [5.74, 6) is -0.256. The Hall–Kier alpha value is -0.990. The van der Waals surface area contributed by atoms with Crippen LogP contribution in [0.25, 0.3) is 0 Å². The van der Waals surface area contributed by atoms with Gasteiger partial charge in [-0.3, -0.25) is 0 Å². The quantitative estimate of drug-likeness (QED) is 0.173. The zero-order chi connectivity index (χ0) is 18.6. The first-order valence-electron chi connectivity index (χ1n) is 10.8. The SMILES string of the molecule is CCCCCCCCCCCCCCCCN/C(C)=C/C(=O)OCC. The van der Waals surface area contributed by atoms with Gasteiger partial charge in [-0.1, -0.05) is 90.4 Å². The van der Waals surface area contributed by atoms with Crippen LogP contribution in [-0.4, -0.2) is 19.1 Å². The molecular weight excluding hydrogens is 310 g/mol. The predicted molar refractivity (Wildman–Crippen MR) is 109 cm³/mol. The van der Waals surface area contributed by atoms with Crippen molar-refractivity contribution in [2.75, 3.05) is 13.2 Å². The number of hydrogen-bond donors (Lipinski definition) is 1. The maximum Gasteiger partial charge on any atom is 0.332 e. The standard InChI is InChI=1S/C22H43NO2/c1-4-6-7-8-9-10-11-12-13-14-15-16-17-18-19-23-21(3)20-22(24)25-5-2/h20,23H,4-19H2,1-3H3/b21-20+. The Balaban J connectivity index is 3.22. The van der Waals surface area contributed by atoms with E-state index in [1.165, 1.54) is 96.0 Å². The summed E-state index contributed by atoms with van der Waals surface area (Å²) in [7, 11) is 0. The molecule has 0 saturated carbocycles. The van der Waals surface area contributed by atoms with Gasteiger partial charge in [-0.2, -0.15) is 0 Å². The molecular formula is C22H43NO2. The molecule has 0 heterocycles. The summed E-state index contributed by atoms with van der Waals surface area (Å²) in [6, 6.07) is 0. The maximum absolute atomic E-state index is 11.3. The van der Waals surface area contributed by atoms with Crippen molar-refractivity contribution in [1.29, 1.82) is 0 Å². The third-order valence-corrected chi connectivity index (χ3v) is 4.56. The minimum absolute atomic E-state index is 0.256. The second-order valence-electron chi connectivity index (χ2n) is 7.10. The predicted octanol–water partition coefficient (Wildman–Crippen LogP) is 6.52. The Morgan fingerprint density at radius 1 is 0.760 bits per heavy atom. The van der Waals surface area contributed by atoms with E-state index in [1.54, 1.807) is 0 Å². The fourth-order valence-electron chi connectivity index (χ4n) is 3.02. The second-order valence-corrected chi connectivity index (χ2v) is 7.10. The van der Waals surface area contributed by atoms with Gasteiger partial charge in [0.25, 0.3) is 0 Å². The van der Waals surface area contributed by atoms with Crippen LogP contribution in [0.3, 0.4) is 0 Å². The molecule has 0 rings (SSSR count). The van der Waals surface area contributed by atoms with Gasteiger partial charge < -0.3 is 10.1 Å². The molecule has 0 fully saturated rings. The van der Waals surface area contributed by atoms with Gasteiger partial charge in [-0.05, 0) is 20.3 Å². The topological polar surface area (TPSA) is 38.3 Å².